The Balaban J connectivity index is 3.03. The monoisotopic (exact) mass is 285 g/mol. The molecule has 4 nitrogen and oxygen atoms in total. The third-order valence-corrected chi connectivity index (χ3v) is 3.30. The number of carbonyl (C=O) groups excluding carboxylic acids is 1. The summed E-state index contributed by atoms with van der Waals surface area (Å²) in [6.45, 7) is 4.06. The van der Waals surface area contributed by atoms with Crippen LogP contribution >= 0.6 is 11.6 Å². The summed E-state index contributed by atoms with van der Waals surface area (Å²) in [7, 11) is 2.93. The molecule has 1 aromatic carbocycles. The van der Waals surface area contributed by atoms with Crippen molar-refractivity contribution in [2.75, 3.05) is 14.2 Å². The number of ether oxygens (including phenoxy) is 2. The van der Waals surface area contributed by atoms with Crippen LogP contribution in [0.1, 0.15) is 31.9 Å². The molecule has 1 rings (SSSR count). The van der Waals surface area contributed by atoms with E-state index in [1.165, 1.54) is 7.11 Å². The van der Waals surface area contributed by atoms with E-state index < -0.39 is 6.04 Å². The second kappa shape index (κ2) is 7.36. The van der Waals surface area contributed by atoms with Gasteiger partial charge in [0.2, 0.25) is 0 Å². The van der Waals surface area contributed by atoms with Crippen LogP contribution in [0.15, 0.2) is 18.2 Å². The molecule has 106 valence electrons. The van der Waals surface area contributed by atoms with E-state index >= 15 is 0 Å². The van der Waals surface area contributed by atoms with Crippen LogP contribution in [0.5, 0.6) is 5.75 Å². The predicted octanol–water partition coefficient (Wildman–Crippen LogP) is 2.95. The number of esters is 1. The molecule has 0 aliphatic heterocycles. The van der Waals surface area contributed by atoms with Gasteiger partial charge in [-0.1, -0.05) is 24.6 Å². The lowest BCUT2D eigenvalue weighted by atomic mass is 10.1. The van der Waals surface area contributed by atoms with E-state index in [2.05, 4.69) is 5.32 Å². The molecule has 2 atom stereocenters. The summed E-state index contributed by atoms with van der Waals surface area (Å²) in [4.78, 5) is 11.9. The summed E-state index contributed by atoms with van der Waals surface area (Å²) in [6.07, 6.45) is 0.914. The van der Waals surface area contributed by atoms with Gasteiger partial charge in [-0.15, -0.1) is 0 Å². The van der Waals surface area contributed by atoms with Crippen molar-refractivity contribution in [3.8, 4) is 5.75 Å². The maximum atomic E-state index is 11.9. The van der Waals surface area contributed by atoms with Gasteiger partial charge in [-0.3, -0.25) is 5.32 Å². The maximum absolute atomic E-state index is 11.9. The second-order valence-electron chi connectivity index (χ2n) is 4.33. The second-order valence-corrected chi connectivity index (χ2v) is 4.73. The first kappa shape index (κ1) is 15.8. The number of halogens is 1. The van der Waals surface area contributed by atoms with E-state index in [0.717, 1.165) is 12.0 Å². The fourth-order valence-electron chi connectivity index (χ4n) is 1.68. The van der Waals surface area contributed by atoms with Gasteiger partial charge in [0.05, 0.1) is 19.2 Å². The summed E-state index contributed by atoms with van der Waals surface area (Å²) in [5.74, 6) is 0.249. The molecule has 0 amide bonds. The molecule has 0 heterocycles. The van der Waals surface area contributed by atoms with Crippen LogP contribution in [-0.4, -0.2) is 26.2 Å². The van der Waals surface area contributed by atoms with Gasteiger partial charge in [0.15, 0.2) is 0 Å². The summed E-state index contributed by atoms with van der Waals surface area (Å²) >= 11 is 6.09. The highest BCUT2D eigenvalue weighted by Gasteiger charge is 2.23. The number of carbonyl (C=O) groups is 1. The molecule has 19 heavy (non-hydrogen) atoms. The first-order valence-corrected chi connectivity index (χ1v) is 6.58. The van der Waals surface area contributed by atoms with Gasteiger partial charge in [0, 0.05) is 6.04 Å². The van der Waals surface area contributed by atoms with Crippen molar-refractivity contribution < 1.29 is 14.3 Å². The highest BCUT2D eigenvalue weighted by molar-refractivity contribution is 6.32. The molecule has 5 heteroatoms. The van der Waals surface area contributed by atoms with Gasteiger partial charge in [-0.25, -0.2) is 4.79 Å². The number of methoxy groups -OCH3 is 2. The average molecular weight is 286 g/mol. The Hall–Kier alpha value is -1.26. The Bertz CT molecular complexity index is 437. The van der Waals surface area contributed by atoms with Crippen LogP contribution in [0.2, 0.25) is 5.02 Å². The normalized spacial score (nSPS) is 13.7. The van der Waals surface area contributed by atoms with Crippen molar-refractivity contribution in [3.05, 3.63) is 28.8 Å². The largest absolute Gasteiger partial charge is 0.495 e. The summed E-state index contributed by atoms with van der Waals surface area (Å²) in [6, 6.07) is 4.94. The Morgan fingerprint density at radius 1 is 1.42 bits per heavy atom. The molecule has 0 radical (unpaired) electrons. The first-order chi connectivity index (χ1) is 9.03. The van der Waals surface area contributed by atoms with Gasteiger partial charge in [0.25, 0.3) is 0 Å². The summed E-state index contributed by atoms with van der Waals surface area (Å²) in [5.41, 5.74) is 0.762. The van der Waals surface area contributed by atoms with Crippen LogP contribution in [0.25, 0.3) is 0 Å². The third-order valence-electron chi connectivity index (χ3n) is 3.01. The molecule has 0 aliphatic rings. The van der Waals surface area contributed by atoms with Crippen molar-refractivity contribution in [3.63, 3.8) is 0 Å². The molecule has 0 bridgehead atoms. The van der Waals surface area contributed by atoms with Crippen molar-refractivity contribution >= 4 is 17.6 Å². The van der Waals surface area contributed by atoms with Crippen LogP contribution in [-0.2, 0) is 9.53 Å². The first-order valence-electron chi connectivity index (χ1n) is 6.20. The molecule has 0 aliphatic carbocycles. The Morgan fingerprint density at radius 2 is 2.11 bits per heavy atom. The molecule has 0 saturated carbocycles. The molecule has 0 spiro atoms. The highest BCUT2D eigenvalue weighted by Crippen LogP contribution is 2.28. The lowest BCUT2D eigenvalue weighted by Crippen LogP contribution is -2.35. The lowest BCUT2D eigenvalue weighted by molar-refractivity contribution is -0.143. The van der Waals surface area contributed by atoms with E-state index in [-0.39, 0.29) is 12.0 Å². The zero-order valence-corrected chi connectivity index (χ0v) is 12.5. The van der Waals surface area contributed by atoms with Gasteiger partial charge in [-0.2, -0.15) is 0 Å². The minimum Gasteiger partial charge on any atom is -0.495 e. The highest BCUT2D eigenvalue weighted by atomic mass is 35.5. The number of hydrogen-bond donors (Lipinski definition) is 1. The van der Waals surface area contributed by atoms with Gasteiger partial charge in [0.1, 0.15) is 11.8 Å². The topological polar surface area (TPSA) is 47.6 Å². The molecule has 1 N–H and O–H groups in total. The third kappa shape index (κ3) is 4.11. The zero-order valence-electron chi connectivity index (χ0n) is 11.7. The van der Waals surface area contributed by atoms with E-state index in [1.54, 1.807) is 19.2 Å². The molecule has 1 aromatic rings. The molecule has 0 saturated heterocycles. The Kier molecular flexibility index (Phi) is 6.12. The minimum absolute atomic E-state index is 0.199. The number of benzene rings is 1. The fourth-order valence-corrected chi connectivity index (χ4v) is 1.95. The van der Waals surface area contributed by atoms with Crippen LogP contribution in [0, 0.1) is 0 Å². The van der Waals surface area contributed by atoms with E-state index in [0.29, 0.717) is 10.8 Å². The molecule has 0 aromatic heterocycles. The fraction of sp³-hybridized carbons (Fsp3) is 0.500. The SMILES string of the molecule is CCC(C)NC(C(=O)OC)c1ccc(OC)c(Cl)c1. The van der Waals surface area contributed by atoms with Gasteiger partial charge in [-0.05, 0) is 31.0 Å². The smallest absolute Gasteiger partial charge is 0.327 e. The molecular weight excluding hydrogens is 266 g/mol. The van der Waals surface area contributed by atoms with Crippen molar-refractivity contribution in [1.29, 1.82) is 0 Å². The van der Waals surface area contributed by atoms with Crippen molar-refractivity contribution in [2.45, 2.75) is 32.4 Å². The Morgan fingerprint density at radius 3 is 2.58 bits per heavy atom. The quantitative estimate of drug-likeness (QED) is 0.817. The van der Waals surface area contributed by atoms with Gasteiger partial charge < -0.3 is 9.47 Å². The van der Waals surface area contributed by atoms with Crippen molar-refractivity contribution in [2.24, 2.45) is 0 Å². The molecular formula is C14H20ClNO3. The van der Waals surface area contributed by atoms with Crippen LogP contribution in [0.3, 0.4) is 0 Å². The summed E-state index contributed by atoms with van der Waals surface area (Å²) in [5, 5.41) is 3.70. The van der Waals surface area contributed by atoms with Gasteiger partial charge >= 0.3 is 5.97 Å². The van der Waals surface area contributed by atoms with E-state index in [9.17, 15) is 4.79 Å². The van der Waals surface area contributed by atoms with E-state index in [4.69, 9.17) is 21.1 Å². The zero-order chi connectivity index (χ0) is 14.4. The summed E-state index contributed by atoms with van der Waals surface area (Å²) < 4.78 is 9.93. The maximum Gasteiger partial charge on any atom is 0.327 e. The van der Waals surface area contributed by atoms with Crippen LogP contribution in [0.4, 0.5) is 0 Å². The standard InChI is InChI=1S/C14H20ClNO3/c1-5-9(2)16-13(14(17)19-4)10-6-7-12(18-3)11(15)8-10/h6-9,13,16H,5H2,1-4H3. The Labute approximate surface area is 119 Å². The average Bonchev–Trinajstić information content (AvgIpc) is 2.43. The number of nitrogens with one attached hydrogen (secondary N) is 1. The predicted molar refractivity (Wildman–Crippen MR) is 75.6 cm³/mol. The number of rotatable bonds is 6. The van der Waals surface area contributed by atoms with Crippen molar-refractivity contribution in [1.82, 2.24) is 5.32 Å². The lowest BCUT2D eigenvalue weighted by Gasteiger charge is -2.21. The van der Waals surface area contributed by atoms with E-state index in [1.807, 2.05) is 19.9 Å². The molecule has 2 unspecified atom stereocenters. The van der Waals surface area contributed by atoms with Crippen LogP contribution < -0.4 is 10.1 Å². The number of hydrogen-bond acceptors (Lipinski definition) is 4. The molecule has 0 fully saturated rings. The minimum atomic E-state index is -0.525.